The van der Waals surface area contributed by atoms with Gasteiger partial charge in [0.2, 0.25) is 0 Å². The van der Waals surface area contributed by atoms with Crippen molar-refractivity contribution in [2.45, 2.75) is 32.2 Å². The topological polar surface area (TPSA) is 35.2 Å². The molecule has 0 fully saturated rings. The average Bonchev–Trinajstić information content (AvgIpc) is 2.43. The summed E-state index contributed by atoms with van der Waals surface area (Å²) in [6, 6.07) is 12.7. The van der Waals surface area contributed by atoms with Crippen LogP contribution in [0.5, 0.6) is 5.75 Å². The van der Waals surface area contributed by atoms with Gasteiger partial charge < -0.3 is 10.5 Å². The van der Waals surface area contributed by atoms with Gasteiger partial charge in [-0.3, -0.25) is 0 Å². The highest BCUT2D eigenvalue weighted by Crippen LogP contribution is 2.25. The van der Waals surface area contributed by atoms with E-state index < -0.39 is 0 Å². The van der Waals surface area contributed by atoms with Crippen molar-refractivity contribution >= 4 is 23.2 Å². The van der Waals surface area contributed by atoms with Crippen molar-refractivity contribution in [3.05, 3.63) is 42.0 Å². The fourth-order valence-electron chi connectivity index (χ4n) is 2.19. The molecular formula is C16H22ClNO. The molecule has 0 spiro atoms. The van der Waals surface area contributed by atoms with Crippen molar-refractivity contribution in [3.63, 3.8) is 0 Å². The number of rotatable bonds is 5. The van der Waals surface area contributed by atoms with Crippen LogP contribution in [0.1, 0.15) is 37.8 Å². The van der Waals surface area contributed by atoms with Crippen molar-refractivity contribution < 1.29 is 4.74 Å². The van der Waals surface area contributed by atoms with Crippen LogP contribution in [-0.2, 0) is 0 Å². The molecule has 1 atom stereocenters. The third-order valence-electron chi connectivity index (χ3n) is 3.37. The normalized spacial score (nSPS) is 11.9. The van der Waals surface area contributed by atoms with E-state index in [0.29, 0.717) is 0 Å². The van der Waals surface area contributed by atoms with Crippen molar-refractivity contribution in [1.82, 2.24) is 0 Å². The van der Waals surface area contributed by atoms with Crippen LogP contribution in [0.4, 0.5) is 0 Å². The van der Waals surface area contributed by atoms with Crippen molar-refractivity contribution in [2.24, 2.45) is 5.73 Å². The van der Waals surface area contributed by atoms with Crippen molar-refractivity contribution in [1.29, 1.82) is 0 Å². The highest BCUT2D eigenvalue weighted by atomic mass is 35.5. The van der Waals surface area contributed by atoms with Gasteiger partial charge in [0.05, 0.1) is 7.11 Å². The fourth-order valence-corrected chi connectivity index (χ4v) is 2.19. The highest BCUT2D eigenvalue weighted by Gasteiger charge is 2.06. The SMILES string of the molecule is CCCC[C@H](N)c1ccc2cc(OC)ccc2c1.Cl. The predicted octanol–water partition coefficient (Wildman–Crippen LogP) is 4.46. The van der Waals surface area contributed by atoms with E-state index in [1.807, 2.05) is 6.07 Å². The van der Waals surface area contributed by atoms with Gasteiger partial charge in [-0.15, -0.1) is 12.4 Å². The van der Waals surface area contributed by atoms with E-state index >= 15 is 0 Å². The Morgan fingerprint density at radius 3 is 2.47 bits per heavy atom. The van der Waals surface area contributed by atoms with Crippen LogP contribution in [0.2, 0.25) is 0 Å². The maximum atomic E-state index is 6.20. The summed E-state index contributed by atoms with van der Waals surface area (Å²) in [6.07, 6.45) is 3.43. The predicted molar refractivity (Wildman–Crippen MR) is 84.2 cm³/mol. The van der Waals surface area contributed by atoms with Crippen LogP contribution in [-0.4, -0.2) is 7.11 Å². The number of hydrogen-bond donors (Lipinski definition) is 1. The van der Waals surface area contributed by atoms with Gasteiger partial charge in [-0.1, -0.05) is 38.0 Å². The van der Waals surface area contributed by atoms with E-state index in [1.165, 1.54) is 29.2 Å². The molecule has 19 heavy (non-hydrogen) atoms. The lowest BCUT2D eigenvalue weighted by molar-refractivity contribution is 0.415. The van der Waals surface area contributed by atoms with E-state index in [9.17, 15) is 0 Å². The Hall–Kier alpha value is -1.25. The van der Waals surface area contributed by atoms with E-state index in [0.717, 1.165) is 12.2 Å². The molecule has 2 N–H and O–H groups in total. The minimum atomic E-state index is 0. The first-order valence-electron chi connectivity index (χ1n) is 6.58. The van der Waals surface area contributed by atoms with Gasteiger partial charge in [-0.05, 0) is 41.0 Å². The van der Waals surface area contributed by atoms with Crippen LogP contribution in [0.3, 0.4) is 0 Å². The van der Waals surface area contributed by atoms with Crippen LogP contribution in [0.15, 0.2) is 36.4 Å². The summed E-state index contributed by atoms with van der Waals surface area (Å²) in [5.41, 5.74) is 7.43. The molecule has 0 aliphatic rings. The summed E-state index contributed by atoms with van der Waals surface area (Å²) < 4.78 is 5.23. The van der Waals surface area contributed by atoms with Crippen LogP contribution in [0.25, 0.3) is 10.8 Å². The van der Waals surface area contributed by atoms with E-state index in [-0.39, 0.29) is 18.4 Å². The molecule has 3 heteroatoms. The Morgan fingerprint density at radius 1 is 1.11 bits per heavy atom. The Labute approximate surface area is 121 Å². The lowest BCUT2D eigenvalue weighted by Crippen LogP contribution is -2.09. The maximum Gasteiger partial charge on any atom is 0.119 e. The minimum Gasteiger partial charge on any atom is -0.497 e. The quantitative estimate of drug-likeness (QED) is 0.877. The number of ether oxygens (including phenoxy) is 1. The van der Waals surface area contributed by atoms with Crippen LogP contribution in [0, 0.1) is 0 Å². The Kier molecular flexibility index (Phi) is 6.13. The highest BCUT2D eigenvalue weighted by molar-refractivity contribution is 5.85. The van der Waals surface area contributed by atoms with E-state index in [1.54, 1.807) is 7.11 Å². The first kappa shape index (κ1) is 15.8. The molecule has 2 rings (SSSR count). The molecule has 2 aromatic rings. The van der Waals surface area contributed by atoms with Gasteiger partial charge in [0.1, 0.15) is 5.75 Å². The molecule has 0 amide bonds. The molecule has 0 saturated heterocycles. The number of hydrogen-bond acceptors (Lipinski definition) is 2. The second-order valence-electron chi connectivity index (χ2n) is 4.72. The van der Waals surface area contributed by atoms with Gasteiger partial charge in [-0.25, -0.2) is 0 Å². The number of halogens is 1. The third-order valence-corrected chi connectivity index (χ3v) is 3.37. The molecule has 0 saturated carbocycles. The summed E-state index contributed by atoms with van der Waals surface area (Å²) >= 11 is 0. The molecule has 0 unspecified atom stereocenters. The molecule has 0 aromatic heterocycles. The van der Waals surface area contributed by atoms with Gasteiger partial charge >= 0.3 is 0 Å². The molecule has 2 aromatic carbocycles. The zero-order chi connectivity index (χ0) is 13.0. The number of unbranched alkanes of at least 4 members (excludes halogenated alkanes) is 1. The summed E-state index contributed by atoms with van der Waals surface area (Å²) in [7, 11) is 1.69. The first-order valence-corrected chi connectivity index (χ1v) is 6.58. The van der Waals surface area contributed by atoms with Gasteiger partial charge in [0.15, 0.2) is 0 Å². The monoisotopic (exact) mass is 279 g/mol. The summed E-state index contributed by atoms with van der Waals surface area (Å²) in [4.78, 5) is 0. The second kappa shape index (κ2) is 7.37. The Balaban J connectivity index is 0.00000180. The fraction of sp³-hybridized carbons (Fsp3) is 0.375. The van der Waals surface area contributed by atoms with Crippen molar-refractivity contribution in [3.8, 4) is 5.75 Å². The standard InChI is InChI=1S/C16H21NO.ClH/c1-3-4-5-16(17)14-7-6-13-11-15(18-2)9-8-12(13)10-14;/h6-11,16H,3-5,17H2,1-2H3;1H/t16-;/m0./s1. The molecule has 0 radical (unpaired) electrons. The smallest absolute Gasteiger partial charge is 0.119 e. The van der Waals surface area contributed by atoms with E-state index in [4.69, 9.17) is 10.5 Å². The zero-order valence-corrected chi connectivity index (χ0v) is 12.4. The molecular weight excluding hydrogens is 258 g/mol. The zero-order valence-electron chi connectivity index (χ0n) is 11.6. The average molecular weight is 280 g/mol. The van der Waals surface area contributed by atoms with Gasteiger partial charge in [0.25, 0.3) is 0 Å². The minimum absolute atomic E-state index is 0. The maximum absolute atomic E-state index is 6.20. The lowest BCUT2D eigenvalue weighted by atomic mass is 9.99. The largest absolute Gasteiger partial charge is 0.497 e. The molecule has 0 bridgehead atoms. The summed E-state index contributed by atoms with van der Waals surface area (Å²) in [5, 5.41) is 2.42. The summed E-state index contributed by atoms with van der Waals surface area (Å²) in [5.74, 6) is 0.894. The van der Waals surface area contributed by atoms with Gasteiger partial charge in [-0.2, -0.15) is 0 Å². The number of methoxy groups -OCH3 is 1. The molecule has 0 aliphatic carbocycles. The van der Waals surface area contributed by atoms with E-state index in [2.05, 4.69) is 37.3 Å². The molecule has 0 aliphatic heterocycles. The number of fused-ring (bicyclic) bond motifs is 1. The van der Waals surface area contributed by atoms with Crippen LogP contribution >= 0.6 is 12.4 Å². The Bertz CT molecular complexity index is 527. The Morgan fingerprint density at radius 2 is 1.79 bits per heavy atom. The third kappa shape index (κ3) is 3.85. The molecule has 0 heterocycles. The lowest BCUT2D eigenvalue weighted by Gasteiger charge is -2.12. The molecule has 2 nitrogen and oxygen atoms in total. The number of nitrogens with two attached hydrogens (primary N) is 1. The number of benzene rings is 2. The molecule has 104 valence electrons. The summed E-state index contributed by atoms with van der Waals surface area (Å²) in [6.45, 7) is 2.19. The first-order chi connectivity index (χ1) is 8.74. The van der Waals surface area contributed by atoms with Crippen LogP contribution < -0.4 is 10.5 Å². The van der Waals surface area contributed by atoms with Gasteiger partial charge in [0, 0.05) is 6.04 Å². The second-order valence-corrected chi connectivity index (χ2v) is 4.72. The van der Waals surface area contributed by atoms with Crippen molar-refractivity contribution in [2.75, 3.05) is 7.11 Å².